The van der Waals surface area contributed by atoms with E-state index in [9.17, 15) is 4.79 Å². The van der Waals surface area contributed by atoms with Gasteiger partial charge in [0.1, 0.15) is 15.9 Å². The average molecular weight is 507 g/mol. The molecule has 0 aliphatic carbocycles. The number of nitrogens with zero attached hydrogens (tertiary/aromatic N) is 4. The van der Waals surface area contributed by atoms with Gasteiger partial charge in [-0.3, -0.25) is 14.3 Å². The van der Waals surface area contributed by atoms with Crippen molar-refractivity contribution in [2.45, 2.75) is 6.92 Å². The molecule has 8 heteroatoms. The van der Waals surface area contributed by atoms with Crippen LogP contribution in [0, 0.1) is 6.92 Å². The molecule has 0 unspecified atom stereocenters. The molecule has 0 saturated carbocycles. The highest BCUT2D eigenvalue weighted by molar-refractivity contribution is 7.25. The van der Waals surface area contributed by atoms with Gasteiger partial charge in [0, 0.05) is 23.3 Å². The highest BCUT2D eigenvalue weighted by Gasteiger charge is 2.20. The third-order valence-corrected chi connectivity index (χ3v) is 7.38. The Labute approximate surface area is 216 Å². The Kier molecular flexibility index (Phi) is 5.65. The van der Waals surface area contributed by atoms with E-state index in [-0.39, 0.29) is 5.56 Å². The molecule has 182 valence electrons. The van der Waals surface area contributed by atoms with Crippen molar-refractivity contribution < 1.29 is 9.47 Å². The van der Waals surface area contributed by atoms with Gasteiger partial charge in [0.05, 0.1) is 31.1 Å². The smallest absolute Gasteiger partial charge is 0.275 e. The van der Waals surface area contributed by atoms with E-state index in [1.807, 2.05) is 67.6 Å². The number of hydrogen-bond donors (Lipinski definition) is 0. The molecule has 4 aromatic heterocycles. The van der Waals surface area contributed by atoms with Gasteiger partial charge in [0.15, 0.2) is 11.5 Å². The van der Waals surface area contributed by atoms with E-state index in [2.05, 4.69) is 4.98 Å². The van der Waals surface area contributed by atoms with Gasteiger partial charge in [0.25, 0.3) is 5.56 Å². The van der Waals surface area contributed by atoms with Crippen molar-refractivity contribution in [1.29, 1.82) is 0 Å². The van der Waals surface area contributed by atoms with Gasteiger partial charge in [-0.05, 0) is 60.5 Å². The number of pyridine rings is 2. The Morgan fingerprint density at radius 2 is 1.73 bits per heavy atom. The van der Waals surface area contributed by atoms with Gasteiger partial charge < -0.3 is 9.47 Å². The predicted molar refractivity (Wildman–Crippen MR) is 147 cm³/mol. The number of rotatable bonds is 5. The average Bonchev–Trinajstić information content (AvgIpc) is 3.33. The van der Waals surface area contributed by atoms with Crippen LogP contribution < -0.4 is 15.0 Å². The maximum Gasteiger partial charge on any atom is 0.275 e. The van der Waals surface area contributed by atoms with Crippen molar-refractivity contribution in [3.05, 3.63) is 95.3 Å². The maximum atomic E-state index is 13.6. The fourth-order valence-electron chi connectivity index (χ4n) is 4.41. The van der Waals surface area contributed by atoms with Crippen LogP contribution in [0.3, 0.4) is 0 Å². The van der Waals surface area contributed by atoms with Gasteiger partial charge in [-0.25, -0.2) is 9.97 Å². The predicted octanol–water partition coefficient (Wildman–Crippen LogP) is 6.05. The third-order valence-electron chi connectivity index (χ3n) is 6.32. The first-order valence-corrected chi connectivity index (χ1v) is 12.4. The van der Waals surface area contributed by atoms with Gasteiger partial charge in [-0.15, -0.1) is 11.3 Å². The second-order valence-corrected chi connectivity index (χ2v) is 9.58. The lowest BCUT2D eigenvalue weighted by atomic mass is 10.00. The molecular weight excluding hydrogens is 484 g/mol. The van der Waals surface area contributed by atoms with Crippen molar-refractivity contribution in [1.82, 2.24) is 19.5 Å². The summed E-state index contributed by atoms with van der Waals surface area (Å²) >= 11 is 1.35. The summed E-state index contributed by atoms with van der Waals surface area (Å²) in [6.45, 7) is 2.02. The topological polar surface area (TPSA) is 79.1 Å². The minimum absolute atomic E-state index is 0.127. The molecule has 6 aromatic rings. The first-order chi connectivity index (χ1) is 18.1. The number of benzene rings is 2. The minimum atomic E-state index is -0.127. The number of hydrogen-bond acceptors (Lipinski definition) is 7. The zero-order chi connectivity index (χ0) is 25.5. The van der Waals surface area contributed by atoms with E-state index in [0.717, 1.165) is 43.9 Å². The van der Waals surface area contributed by atoms with Gasteiger partial charge in [-0.2, -0.15) is 0 Å². The fraction of sp³-hybridized carbons (Fsp3) is 0.103. The van der Waals surface area contributed by atoms with Crippen LogP contribution in [0.2, 0.25) is 0 Å². The lowest BCUT2D eigenvalue weighted by Gasteiger charge is -2.12. The molecule has 0 radical (unpaired) electrons. The molecule has 7 nitrogen and oxygen atoms in total. The molecule has 2 aromatic carbocycles. The lowest BCUT2D eigenvalue weighted by molar-refractivity contribution is 0.355. The fourth-order valence-corrected chi connectivity index (χ4v) is 5.49. The summed E-state index contributed by atoms with van der Waals surface area (Å²) in [4.78, 5) is 28.3. The first-order valence-electron chi connectivity index (χ1n) is 11.6. The zero-order valence-electron chi connectivity index (χ0n) is 20.4. The first kappa shape index (κ1) is 22.9. The number of fused-ring (bicyclic) bond motifs is 3. The number of thiophene rings is 1. The van der Waals surface area contributed by atoms with E-state index in [1.54, 1.807) is 37.5 Å². The highest BCUT2D eigenvalue weighted by atomic mass is 32.1. The van der Waals surface area contributed by atoms with E-state index < -0.39 is 0 Å². The van der Waals surface area contributed by atoms with E-state index >= 15 is 0 Å². The van der Waals surface area contributed by atoms with Crippen molar-refractivity contribution in [2.75, 3.05) is 14.2 Å². The van der Waals surface area contributed by atoms with Crippen LogP contribution in [0.25, 0.3) is 48.5 Å². The number of aromatic nitrogens is 4. The summed E-state index contributed by atoms with van der Waals surface area (Å²) in [6.07, 6.45) is 5.10. The molecule has 0 amide bonds. The second kappa shape index (κ2) is 9.15. The Bertz CT molecular complexity index is 1830. The highest BCUT2D eigenvalue weighted by Crippen LogP contribution is 2.41. The van der Waals surface area contributed by atoms with Crippen molar-refractivity contribution in [2.24, 2.45) is 0 Å². The summed E-state index contributed by atoms with van der Waals surface area (Å²) in [5.74, 6) is 1.25. The normalized spacial score (nSPS) is 11.2. The number of ether oxygens (including phenoxy) is 2. The molecule has 0 aliphatic rings. The van der Waals surface area contributed by atoms with Crippen molar-refractivity contribution in [3.8, 4) is 39.6 Å². The summed E-state index contributed by atoms with van der Waals surface area (Å²) in [5.41, 5.74) is 5.84. The molecule has 4 heterocycles. The second-order valence-electron chi connectivity index (χ2n) is 8.58. The monoisotopic (exact) mass is 506 g/mol. The van der Waals surface area contributed by atoms with Crippen LogP contribution in [0.1, 0.15) is 5.56 Å². The Morgan fingerprint density at radius 3 is 2.46 bits per heavy atom. The zero-order valence-corrected chi connectivity index (χ0v) is 21.2. The third kappa shape index (κ3) is 3.91. The molecule has 0 N–H and O–H groups in total. The number of methoxy groups -OCH3 is 2. The lowest BCUT2D eigenvalue weighted by Crippen LogP contribution is -2.17. The van der Waals surface area contributed by atoms with E-state index in [1.165, 1.54) is 11.3 Å². The van der Waals surface area contributed by atoms with Crippen LogP contribution in [0.15, 0.2) is 84.2 Å². The molecule has 0 fully saturated rings. The van der Waals surface area contributed by atoms with Crippen molar-refractivity contribution in [3.63, 3.8) is 0 Å². The quantitative estimate of drug-likeness (QED) is 0.283. The summed E-state index contributed by atoms with van der Waals surface area (Å²) < 4.78 is 13.1. The van der Waals surface area contributed by atoms with Crippen molar-refractivity contribution >= 4 is 31.8 Å². The Balaban J connectivity index is 1.66. The van der Waals surface area contributed by atoms with E-state index in [4.69, 9.17) is 19.4 Å². The van der Waals surface area contributed by atoms with Gasteiger partial charge in [-0.1, -0.05) is 23.8 Å². The molecule has 0 saturated heterocycles. The Hall–Kier alpha value is -4.56. The van der Waals surface area contributed by atoms with Crippen LogP contribution in [0.5, 0.6) is 11.5 Å². The number of aryl methyl sites for hydroxylation is 1. The maximum absolute atomic E-state index is 13.6. The van der Waals surface area contributed by atoms with Crippen LogP contribution in [-0.4, -0.2) is 33.7 Å². The van der Waals surface area contributed by atoms with Crippen LogP contribution in [0.4, 0.5) is 0 Å². The summed E-state index contributed by atoms with van der Waals surface area (Å²) in [6, 6.07) is 19.4. The molecule has 0 spiro atoms. The molecule has 37 heavy (non-hydrogen) atoms. The SMILES string of the molecule is COc1ccc(-c2cc(-c3cccnc3)nc3sc4c(=O)n(-c5ccc(C)cc5)cnc4c23)cc1OC. The van der Waals surface area contributed by atoms with Gasteiger partial charge in [0.2, 0.25) is 0 Å². The van der Waals surface area contributed by atoms with Crippen LogP contribution >= 0.6 is 11.3 Å². The molecule has 0 bridgehead atoms. The summed E-state index contributed by atoms with van der Waals surface area (Å²) in [5, 5.41) is 0.827. The standard InChI is InChI=1S/C29H22N4O3S/c1-17-6-9-20(10-7-17)33-16-31-26-25-21(18-8-11-23(35-2)24(13-18)36-3)14-22(19-5-4-12-30-15-19)32-28(25)37-27(26)29(33)34/h4-16H,1-3H3. The molecular formula is C29H22N4O3S. The van der Waals surface area contributed by atoms with Crippen LogP contribution in [-0.2, 0) is 0 Å². The Morgan fingerprint density at radius 1 is 0.919 bits per heavy atom. The molecule has 0 atom stereocenters. The molecule has 6 rings (SSSR count). The minimum Gasteiger partial charge on any atom is -0.493 e. The summed E-state index contributed by atoms with van der Waals surface area (Å²) in [7, 11) is 3.22. The van der Waals surface area contributed by atoms with E-state index in [0.29, 0.717) is 21.7 Å². The van der Waals surface area contributed by atoms with Gasteiger partial charge >= 0.3 is 0 Å². The largest absolute Gasteiger partial charge is 0.493 e. The molecule has 0 aliphatic heterocycles.